The lowest BCUT2D eigenvalue weighted by Gasteiger charge is -2.13. The minimum absolute atomic E-state index is 0. The van der Waals surface area contributed by atoms with Gasteiger partial charge in [-0.1, -0.05) is 11.8 Å². The highest BCUT2D eigenvalue weighted by Gasteiger charge is 2.25. The van der Waals surface area contributed by atoms with Crippen LogP contribution in [-0.2, 0) is 0 Å². The second-order valence-electron chi connectivity index (χ2n) is 4.02. The summed E-state index contributed by atoms with van der Waals surface area (Å²) in [5, 5.41) is 16.1. The number of furan rings is 1. The van der Waals surface area contributed by atoms with Gasteiger partial charge in [0, 0.05) is 25.6 Å². The minimum atomic E-state index is -0.381. The number of aliphatic hydroxyl groups is 1. The van der Waals surface area contributed by atoms with Crippen LogP contribution in [0.25, 0.3) is 0 Å². The Labute approximate surface area is 116 Å². The molecule has 0 aliphatic carbocycles. The van der Waals surface area contributed by atoms with Crippen molar-refractivity contribution in [3.63, 3.8) is 0 Å². The molecule has 18 heavy (non-hydrogen) atoms. The number of rotatable bonds is 4. The second-order valence-corrected chi connectivity index (χ2v) is 4.83. The van der Waals surface area contributed by atoms with Crippen molar-refractivity contribution >= 4 is 30.1 Å². The zero-order chi connectivity index (χ0) is 12.3. The molecule has 3 N–H and O–H groups in total. The molecule has 1 aromatic rings. The third-order valence-electron chi connectivity index (χ3n) is 2.84. The number of hydrogen-bond acceptors (Lipinski definition) is 5. The molecule has 0 spiro atoms. The summed E-state index contributed by atoms with van der Waals surface area (Å²) in [5.41, 5.74) is 0. The molecule has 102 valence electrons. The summed E-state index contributed by atoms with van der Waals surface area (Å²) in [6.45, 7) is 1.79. The molecule has 0 saturated carbocycles. The van der Waals surface area contributed by atoms with Crippen LogP contribution in [0.3, 0.4) is 0 Å². The van der Waals surface area contributed by atoms with E-state index in [9.17, 15) is 9.90 Å². The number of carbonyl (C=O) groups is 1. The van der Waals surface area contributed by atoms with Gasteiger partial charge in [-0.3, -0.25) is 4.79 Å². The normalized spacial score (nSPS) is 22.6. The first-order valence-electron chi connectivity index (χ1n) is 5.51. The highest BCUT2D eigenvalue weighted by molar-refractivity contribution is 7.98. The fourth-order valence-electron chi connectivity index (χ4n) is 1.79. The summed E-state index contributed by atoms with van der Waals surface area (Å²) in [7, 11) is 0. The van der Waals surface area contributed by atoms with Gasteiger partial charge in [-0.25, -0.2) is 0 Å². The Kier molecular flexibility index (Phi) is 6.01. The van der Waals surface area contributed by atoms with E-state index in [1.807, 2.05) is 6.26 Å². The van der Waals surface area contributed by atoms with E-state index < -0.39 is 0 Å². The lowest BCUT2D eigenvalue weighted by atomic mass is 10.1. The summed E-state index contributed by atoms with van der Waals surface area (Å²) in [6, 6.07) is 3.43. The molecule has 2 heterocycles. The lowest BCUT2D eigenvalue weighted by Crippen LogP contribution is -2.34. The Bertz CT molecular complexity index is 399. The summed E-state index contributed by atoms with van der Waals surface area (Å²) >= 11 is 1.45. The van der Waals surface area contributed by atoms with Crippen molar-refractivity contribution in [2.45, 2.75) is 11.2 Å². The molecule has 1 aliphatic heterocycles. The molecular weight excluding hydrogens is 276 g/mol. The molecule has 5 nitrogen and oxygen atoms in total. The van der Waals surface area contributed by atoms with Gasteiger partial charge in [0.1, 0.15) is 0 Å². The SMILES string of the molecule is CSc1ccc(C(=O)NCC2CNCC2O)o1.Cl. The van der Waals surface area contributed by atoms with Crippen molar-refractivity contribution in [1.82, 2.24) is 10.6 Å². The molecule has 1 amide bonds. The van der Waals surface area contributed by atoms with Gasteiger partial charge in [-0.15, -0.1) is 12.4 Å². The Morgan fingerprint density at radius 1 is 1.61 bits per heavy atom. The van der Waals surface area contributed by atoms with E-state index in [0.717, 1.165) is 11.6 Å². The maximum absolute atomic E-state index is 11.7. The van der Waals surface area contributed by atoms with Crippen LogP contribution in [-0.4, -0.2) is 43.0 Å². The topological polar surface area (TPSA) is 74.5 Å². The summed E-state index contributed by atoms with van der Waals surface area (Å²) in [5.74, 6) is 0.160. The van der Waals surface area contributed by atoms with E-state index in [-0.39, 0.29) is 30.3 Å². The van der Waals surface area contributed by atoms with Crippen LogP contribution in [0.2, 0.25) is 0 Å². The Hall–Kier alpha value is -0.690. The van der Waals surface area contributed by atoms with Gasteiger partial charge in [0.15, 0.2) is 10.9 Å². The van der Waals surface area contributed by atoms with Crippen LogP contribution in [0.5, 0.6) is 0 Å². The Morgan fingerprint density at radius 2 is 2.39 bits per heavy atom. The number of hydrogen-bond donors (Lipinski definition) is 3. The minimum Gasteiger partial charge on any atom is -0.445 e. The van der Waals surface area contributed by atoms with Gasteiger partial charge in [-0.2, -0.15) is 0 Å². The van der Waals surface area contributed by atoms with Crippen LogP contribution in [0.1, 0.15) is 10.6 Å². The zero-order valence-electron chi connectivity index (χ0n) is 10.0. The van der Waals surface area contributed by atoms with Gasteiger partial charge in [0.2, 0.25) is 0 Å². The van der Waals surface area contributed by atoms with E-state index in [1.165, 1.54) is 11.8 Å². The predicted molar refractivity (Wildman–Crippen MR) is 72.4 cm³/mol. The first-order valence-corrected chi connectivity index (χ1v) is 6.74. The number of aliphatic hydroxyl groups excluding tert-OH is 1. The molecule has 0 aromatic carbocycles. The number of nitrogens with one attached hydrogen (secondary N) is 2. The van der Waals surface area contributed by atoms with Crippen molar-refractivity contribution in [3.8, 4) is 0 Å². The van der Waals surface area contributed by atoms with Crippen LogP contribution < -0.4 is 10.6 Å². The van der Waals surface area contributed by atoms with Crippen LogP contribution >= 0.6 is 24.2 Å². The molecule has 7 heteroatoms. The molecule has 1 aliphatic rings. The second kappa shape index (κ2) is 7.04. The first kappa shape index (κ1) is 15.4. The van der Waals surface area contributed by atoms with Crippen molar-refractivity contribution < 1.29 is 14.3 Å². The first-order chi connectivity index (χ1) is 8.20. The third-order valence-corrected chi connectivity index (χ3v) is 3.46. The predicted octanol–water partition coefficient (Wildman–Crippen LogP) is 0.733. The van der Waals surface area contributed by atoms with Crippen LogP contribution in [0, 0.1) is 5.92 Å². The molecule has 1 fully saturated rings. The number of carbonyl (C=O) groups excluding carboxylic acids is 1. The molecule has 1 saturated heterocycles. The standard InChI is InChI=1S/C11H16N2O3S.ClH/c1-17-10-3-2-9(16-10)11(15)13-5-7-4-12-6-8(7)14;/h2-3,7-8,12,14H,4-6H2,1H3,(H,13,15);1H. The monoisotopic (exact) mass is 292 g/mol. The number of β-amino-alcohol motifs (C(OH)–C–C–N with tert-alkyl or cyclic N) is 1. The lowest BCUT2D eigenvalue weighted by molar-refractivity contribution is 0.0895. The van der Waals surface area contributed by atoms with Crippen molar-refractivity contribution in [2.24, 2.45) is 5.92 Å². The molecule has 0 radical (unpaired) electrons. The number of thioether (sulfide) groups is 1. The Balaban J connectivity index is 0.00000162. The molecule has 2 atom stereocenters. The molecule has 1 aromatic heterocycles. The van der Waals surface area contributed by atoms with E-state index >= 15 is 0 Å². The van der Waals surface area contributed by atoms with Crippen molar-refractivity contribution in [2.75, 3.05) is 25.9 Å². The average molecular weight is 293 g/mol. The number of amides is 1. The van der Waals surface area contributed by atoms with E-state index in [2.05, 4.69) is 10.6 Å². The highest BCUT2D eigenvalue weighted by atomic mass is 35.5. The average Bonchev–Trinajstić information content (AvgIpc) is 2.94. The Morgan fingerprint density at radius 3 is 2.94 bits per heavy atom. The summed E-state index contributed by atoms with van der Waals surface area (Å²) < 4.78 is 5.31. The number of halogens is 1. The largest absolute Gasteiger partial charge is 0.445 e. The fraction of sp³-hybridized carbons (Fsp3) is 0.545. The smallest absolute Gasteiger partial charge is 0.287 e. The van der Waals surface area contributed by atoms with Gasteiger partial charge < -0.3 is 20.2 Å². The zero-order valence-corrected chi connectivity index (χ0v) is 11.6. The maximum atomic E-state index is 11.7. The molecular formula is C11H17ClN2O3S. The quantitative estimate of drug-likeness (QED) is 0.714. The fourth-order valence-corrected chi connectivity index (χ4v) is 2.17. The molecule has 2 rings (SSSR count). The van der Waals surface area contributed by atoms with Crippen LogP contribution in [0.4, 0.5) is 0 Å². The molecule has 0 bridgehead atoms. The highest BCUT2D eigenvalue weighted by Crippen LogP contribution is 2.18. The van der Waals surface area contributed by atoms with E-state index in [4.69, 9.17) is 4.42 Å². The summed E-state index contributed by atoms with van der Waals surface area (Å²) in [4.78, 5) is 11.7. The van der Waals surface area contributed by atoms with E-state index in [0.29, 0.717) is 18.8 Å². The van der Waals surface area contributed by atoms with Crippen molar-refractivity contribution in [1.29, 1.82) is 0 Å². The summed E-state index contributed by atoms with van der Waals surface area (Å²) in [6.07, 6.45) is 1.51. The van der Waals surface area contributed by atoms with Gasteiger partial charge in [-0.05, 0) is 18.4 Å². The van der Waals surface area contributed by atoms with E-state index in [1.54, 1.807) is 12.1 Å². The van der Waals surface area contributed by atoms with Gasteiger partial charge in [0.05, 0.1) is 6.10 Å². The third kappa shape index (κ3) is 3.65. The van der Waals surface area contributed by atoms with Crippen molar-refractivity contribution in [3.05, 3.63) is 17.9 Å². The van der Waals surface area contributed by atoms with Gasteiger partial charge >= 0.3 is 0 Å². The molecule has 2 unspecified atom stereocenters. The van der Waals surface area contributed by atoms with Crippen LogP contribution in [0.15, 0.2) is 21.6 Å². The maximum Gasteiger partial charge on any atom is 0.287 e. The van der Waals surface area contributed by atoms with Gasteiger partial charge in [0.25, 0.3) is 5.91 Å².